The summed E-state index contributed by atoms with van der Waals surface area (Å²) in [5.74, 6) is 2.00. The van der Waals surface area contributed by atoms with E-state index in [1.807, 2.05) is 51.1 Å². The van der Waals surface area contributed by atoms with Crippen molar-refractivity contribution < 1.29 is 14.3 Å². The average Bonchev–Trinajstić information content (AvgIpc) is 3.04. The van der Waals surface area contributed by atoms with Crippen LogP contribution in [-0.4, -0.2) is 36.2 Å². The molecule has 0 saturated carbocycles. The molecule has 2 aromatic rings. The molecule has 0 unspecified atom stereocenters. The summed E-state index contributed by atoms with van der Waals surface area (Å²) in [5, 5.41) is 0.691. The molecule has 31 heavy (non-hydrogen) atoms. The molecule has 0 bridgehead atoms. The zero-order chi connectivity index (χ0) is 22.5. The molecule has 164 valence electrons. The minimum atomic E-state index is -0.0147. The van der Waals surface area contributed by atoms with Crippen LogP contribution >= 0.6 is 11.8 Å². The van der Waals surface area contributed by atoms with Crippen LogP contribution in [0.15, 0.2) is 46.3 Å². The number of amidine groups is 1. The fraction of sp³-hybridized carbons (Fsp3) is 0.360. The van der Waals surface area contributed by atoms with Crippen molar-refractivity contribution in [3.05, 3.63) is 58.0 Å². The number of hydrogen-bond acceptors (Lipinski definition) is 5. The maximum absolute atomic E-state index is 13.1. The van der Waals surface area contributed by atoms with Gasteiger partial charge in [-0.05, 0) is 97.6 Å². The van der Waals surface area contributed by atoms with E-state index >= 15 is 0 Å². The van der Waals surface area contributed by atoms with E-state index in [1.54, 1.807) is 12.0 Å². The number of hydrogen-bond donors (Lipinski definition) is 0. The fourth-order valence-electron chi connectivity index (χ4n) is 3.38. The molecule has 5 nitrogen and oxygen atoms in total. The van der Waals surface area contributed by atoms with Gasteiger partial charge in [-0.1, -0.05) is 13.8 Å². The first-order chi connectivity index (χ1) is 14.9. The third-order valence-electron chi connectivity index (χ3n) is 5.11. The van der Waals surface area contributed by atoms with Crippen molar-refractivity contribution in [2.75, 3.05) is 20.3 Å². The zero-order valence-corrected chi connectivity index (χ0v) is 19.9. The maximum Gasteiger partial charge on any atom is 0.266 e. The second kappa shape index (κ2) is 10.1. The molecule has 2 aromatic carbocycles. The largest absolute Gasteiger partial charge is 0.497 e. The van der Waals surface area contributed by atoms with E-state index in [1.165, 1.54) is 11.8 Å². The lowest BCUT2D eigenvalue weighted by atomic mass is 9.96. The predicted molar refractivity (Wildman–Crippen MR) is 129 cm³/mol. The van der Waals surface area contributed by atoms with Crippen molar-refractivity contribution in [2.45, 2.75) is 40.5 Å². The number of nitrogens with zero attached hydrogens (tertiary/aromatic N) is 2. The number of methoxy groups -OCH3 is 1. The quantitative estimate of drug-likeness (QED) is 0.487. The van der Waals surface area contributed by atoms with Crippen molar-refractivity contribution in [3.8, 4) is 11.5 Å². The summed E-state index contributed by atoms with van der Waals surface area (Å²) in [6, 6.07) is 11.7. The van der Waals surface area contributed by atoms with Crippen LogP contribution < -0.4 is 9.47 Å². The zero-order valence-electron chi connectivity index (χ0n) is 19.1. The Bertz CT molecular complexity index is 1010. The minimum Gasteiger partial charge on any atom is -0.497 e. The van der Waals surface area contributed by atoms with Crippen molar-refractivity contribution >= 4 is 34.6 Å². The third-order valence-corrected chi connectivity index (χ3v) is 6.12. The number of aliphatic imine (C=N–C) groups is 1. The van der Waals surface area contributed by atoms with Crippen LogP contribution in [0.25, 0.3) is 6.08 Å². The van der Waals surface area contributed by atoms with Gasteiger partial charge < -0.3 is 9.47 Å². The van der Waals surface area contributed by atoms with Gasteiger partial charge in [0, 0.05) is 6.54 Å². The Balaban J connectivity index is 1.96. The molecule has 0 atom stereocenters. The van der Waals surface area contributed by atoms with E-state index in [-0.39, 0.29) is 5.91 Å². The highest BCUT2D eigenvalue weighted by molar-refractivity contribution is 8.18. The van der Waals surface area contributed by atoms with Crippen LogP contribution in [0.5, 0.6) is 11.5 Å². The standard InChI is InChI=1S/C25H30N2O3S/c1-7-27-24(28)23(31-25(27)26-19-9-11-20(29-6)12-10-19)15-18-14-21(16(3)4)22(30-8-2)13-17(18)5/h9-16H,7-8H2,1-6H3/b23-15+,26-25?. The number of carbonyl (C=O) groups is 1. The van der Waals surface area contributed by atoms with E-state index in [0.717, 1.165) is 33.9 Å². The van der Waals surface area contributed by atoms with E-state index in [9.17, 15) is 4.79 Å². The Kier molecular flexibility index (Phi) is 7.44. The number of likely N-dealkylation sites (N-methyl/N-ethyl adjacent to an activating group) is 1. The molecule has 1 amide bonds. The van der Waals surface area contributed by atoms with E-state index in [2.05, 4.69) is 26.0 Å². The van der Waals surface area contributed by atoms with Gasteiger partial charge in [-0.2, -0.15) is 0 Å². The van der Waals surface area contributed by atoms with Gasteiger partial charge in [0.15, 0.2) is 5.17 Å². The lowest BCUT2D eigenvalue weighted by molar-refractivity contribution is -0.122. The lowest BCUT2D eigenvalue weighted by Gasteiger charge is -2.16. The van der Waals surface area contributed by atoms with Gasteiger partial charge >= 0.3 is 0 Å². The van der Waals surface area contributed by atoms with Crippen molar-refractivity contribution in [1.29, 1.82) is 0 Å². The van der Waals surface area contributed by atoms with Crippen molar-refractivity contribution in [1.82, 2.24) is 4.90 Å². The Morgan fingerprint density at radius 1 is 1.16 bits per heavy atom. The van der Waals surface area contributed by atoms with Gasteiger partial charge in [0.2, 0.25) is 0 Å². The minimum absolute atomic E-state index is 0.0147. The van der Waals surface area contributed by atoms with E-state index in [4.69, 9.17) is 14.5 Å². The van der Waals surface area contributed by atoms with Crippen LogP contribution in [0, 0.1) is 6.92 Å². The number of rotatable bonds is 7. The van der Waals surface area contributed by atoms with Crippen molar-refractivity contribution in [3.63, 3.8) is 0 Å². The molecule has 6 heteroatoms. The van der Waals surface area contributed by atoms with Crippen LogP contribution in [0.1, 0.15) is 50.3 Å². The van der Waals surface area contributed by atoms with Gasteiger partial charge in [0.05, 0.1) is 24.3 Å². The first-order valence-electron chi connectivity index (χ1n) is 10.6. The Morgan fingerprint density at radius 2 is 1.87 bits per heavy atom. The molecule has 1 saturated heterocycles. The Morgan fingerprint density at radius 3 is 2.45 bits per heavy atom. The van der Waals surface area contributed by atoms with Gasteiger partial charge in [-0.15, -0.1) is 0 Å². The number of carbonyl (C=O) groups excluding carboxylic acids is 1. The van der Waals surface area contributed by atoms with Crippen LogP contribution in [0.2, 0.25) is 0 Å². The topological polar surface area (TPSA) is 51.1 Å². The summed E-state index contributed by atoms with van der Waals surface area (Å²) in [7, 11) is 1.63. The molecular formula is C25H30N2O3S. The van der Waals surface area contributed by atoms with Gasteiger partial charge in [-0.25, -0.2) is 4.99 Å². The first-order valence-corrected chi connectivity index (χ1v) is 11.4. The summed E-state index contributed by atoms with van der Waals surface area (Å²) in [5.41, 5.74) is 4.05. The highest BCUT2D eigenvalue weighted by Gasteiger charge is 2.32. The molecular weight excluding hydrogens is 408 g/mol. The predicted octanol–water partition coefficient (Wildman–Crippen LogP) is 6.15. The first kappa shape index (κ1) is 22.9. The second-order valence-corrected chi connectivity index (χ2v) is 8.60. The van der Waals surface area contributed by atoms with Gasteiger partial charge in [-0.3, -0.25) is 9.69 Å². The van der Waals surface area contributed by atoms with Gasteiger partial charge in [0.1, 0.15) is 11.5 Å². The molecule has 1 aliphatic rings. The number of benzene rings is 2. The molecule has 0 N–H and O–H groups in total. The molecule has 1 fully saturated rings. The molecule has 3 rings (SSSR count). The van der Waals surface area contributed by atoms with E-state index in [0.29, 0.717) is 29.1 Å². The highest BCUT2D eigenvalue weighted by atomic mass is 32.2. The monoisotopic (exact) mass is 438 g/mol. The molecule has 1 aliphatic heterocycles. The van der Waals surface area contributed by atoms with Crippen LogP contribution in [0.3, 0.4) is 0 Å². The summed E-state index contributed by atoms with van der Waals surface area (Å²) in [6.07, 6.45) is 1.98. The van der Waals surface area contributed by atoms with Crippen molar-refractivity contribution in [2.24, 2.45) is 4.99 Å². The average molecular weight is 439 g/mol. The molecule has 0 spiro atoms. The Labute approximate surface area is 189 Å². The fourth-order valence-corrected chi connectivity index (χ4v) is 4.43. The SMILES string of the molecule is CCOc1cc(C)c(/C=C2/SC(=Nc3ccc(OC)cc3)N(CC)C2=O)cc1C(C)C. The maximum atomic E-state index is 13.1. The smallest absolute Gasteiger partial charge is 0.266 e. The summed E-state index contributed by atoms with van der Waals surface area (Å²) in [6.45, 7) is 11.5. The third kappa shape index (κ3) is 5.13. The molecule has 0 aromatic heterocycles. The van der Waals surface area contributed by atoms with E-state index < -0.39 is 0 Å². The number of thioether (sulfide) groups is 1. The summed E-state index contributed by atoms with van der Waals surface area (Å²) >= 11 is 1.41. The van der Waals surface area contributed by atoms with Crippen LogP contribution in [0.4, 0.5) is 5.69 Å². The molecule has 1 heterocycles. The van der Waals surface area contributed by atoms with Crippen LogP contribution in [-0.2, 0) is 4.79 Å². The Hall–Kier alpha value is -2.73. The number of aryl methyl sites for hydroxylation is 1. The molecule has 0 aliphatic carbocycles. The summed E-state index contributed by atoms with van der Waals surface area (Å²) < 4.78 is 11.0. The summed E-state index contributed by atoms with van der Waals surface area (Å²) in [4.78, 5) is 20.1. The highest BCUT2D eigenvalue weighted by Crippen LogP contribution is 2.36. The molecule has 0 radical (unpaired) electrons. The van der Waals surface area contributed by atoms with Gasteiger partial charge in [0.25, 0.3) is 5.91 Å². The normalized spacial score (nSPS) is 16.6. The number of amides is 1. The number of ether oxygens (including phenoxy) is 2. The second-order valence-electron chi connectivity index (χ2n) is 7.59. The lowest BCUT2D eigenvalue weighted by Crippen LogP contribution is -2.28.